The van der Waals surface area contributed by atoms with Gasteiger partial charge in [0.1, 0.15) is 11.4 Å². The van der Waals surface area contributed by atoms with E-state index in [1.54, 1.807) is 12.3 Å². The zero-order valence-electron chi connectivity index (χ0n) is 19.9. The zero-order chi connectivity index (χ0) is 23.4. The summed E-state index contributed by atoms with van der Waals surface area (Å²) in [6.45, 7) is 2.65. The Morgan fingerprint density at radius 3 is 2.29 bits per heavy atom. The average molecular weight is 462 g/mol. The molecule has 4 heterocycles. The lowest BCUT2D eigenvalue weighted by molar-refractivity contribution is -0.192. The smallest absolute Gasteiger partial charge is 0.317 e. The Hall–Kier alpha value is -2.73. The molecule has 6 rings (SSSR count). The highest BCUT2D eigenvalue weighted by molar-refractivity contribution is 5.91. The third-order valence-electron chi connectivity index (χ3n) is 8.19. The highest BCUT2D eigenvalue weighted by Crippen LogP contribution is 2.45. The number of anilines is 1. The van der Waals surface area contributed by atoms with Crippen molar-refractivity contribution in [1.29, 1.82) is 0 Å². The van der Waals surface area contributed by atoms with Crippen molar-refractivity contribution in [3.8, 4) is 0 Å². The number of rotatable bonds is 6. The largest absolute Gasteiger partial charge is 0.456 e. The van der Waals surface area contributed by atoms with Crippen LogP contribution < -0.4 is 5.32 Å². The predicted octanol–water partition coefficient (Wildman–Crippen LogP) is 4.71. The molecule has 3 saturated heterocycles. The third-order valence-corrected chi connectivity index (χ3v) is 8.19. The summed E-state index contributed by atoms with van der Waals surface area (Å²) in [6.07, 6.45) is 9.70. The topological polar surface area (TPSA) is 71.5 Å². The lowest BCUT2D eigenvalue weighted by Gasteiger charge is -2.53. The SMILES string of the molecule is O=C(C[C@]1(OC(=O)C2(c3ccccc3)CCCCCC2)CN2CCC1CC2)Nc1ccccn1. The van der Waals surface area contributed by atoms with Crippen LogP contribution in [0.25, 0.3) is 0 Å². The molecule has 6 nitrogen and oxygen atoms in total. The van der Waals surface area contributed by atoms with Crippen LogP contribution in [0.1, 0.15) is 63.4 Å². The molecule has 0 spiro atoms. The Morgan fingerprint density at radius 2 is 1.68 bits per heavy atom. The highest BCUT2D eigenvalue weighted by Gasteiger charge is 2.53. The Morgan fingerprint density at radius 1 is 0.971 bits per heavy atom. The molecular weight excluding hydrogens is 426 g/mol. The fraction of sp³-hybridized carbons (Fsp3) is 0.536. The van der Waals surface area contributed by atoms with Crippen LogP contribution in [-0.4, -0.2) is 47.0 Å². The van der Waals surface area contributed by atoms with E-state index in [9.17, 15) is 9.59 Å². The van der Waals surface area contributed by atoms with E-state index >= 15 is 0 Å². The number of amides is 1. The molecule has 6 heteroatoms. The molecule has 1 N–H and O–H groups in total. The van der Waals surface area contributed by atoms with E-state index in [2.05, 4.69) is 27.3 Å². The minimum Gasteiger partial charge on any atom is -0.456 e. The van der Waals surface area contributed by atoms with Crippen LogP contribution in [0.3, 0.4) is 0 Å². The molecule has 4 aliphatic rings. The fourth-order valence-corrected chi connectivity index (χ4v) is 6.35. The first-order chi connectivity index (χ1) is 16.6. The second-order valence-electron chi connectivity index (χ2n) is 10.3. The molecule has 2 aromatic rings. The van der Waals surface area contributed by atoms with Gasteiger partial charge in [-0.15, -0.1) is 0 Å². The molecule has 2 bridgehead atoms. The van der Waals surface area contributed by atoms with Crippen LogP contribution in [0, 0.1) is 5.92 Å². The second kappa shape index (κ2) is 9.87. The quantitative estimate of drug-likeness (QED) is 0.498. The summed E-state index contributed by atoms with van der Waals surface area (Å²) in [5.74, 6) is 0.448. The molecule has 1 amide bonds. The maximum Gasteiger partial charge on any atom is 0.317 e. The first-order valence-electron chi connectivity index (χ1n) is 12.8. The number of benzene rings is 1. The Bertz CT molecular complexity index is 980. The minimum absolute atomic E-state index is 0.139. The normalized spacial score (nSPS) is 28.0. The molecule has 1 atom stereocenters. The summed E-state index contributed by atoms with van der Waals surface area (Å²) in [6, 6.07) is 15.6. The van der Waals surface area contributed by atoms with Gasteiger partial charge >= 0.3 is 5.97 Å². The minimum atomic E-state index is -0.791. The molecule has 1 saturated carbocycles. The number of ether oxygens (including phenoxy) is 1. The number of aromatic nitrogens is 1. The lowest BCUT2D eigenvalue weighted by atomic mass is 9.71. The third kappa shape index (κ3) is 4.61. The zero-order valence-corrected chi connectivity index (χ0v) is 19.9. The maximum absolute atomic E-state index is 14.2. The Kier molecular flexibility index (Phi) is 6.68. The number of nitrogens with zero attached hydrogens (tertiary/aromatic N) is 2. The van der Waals surface area contributed by atoms with E-state index < -0.39 is 11.0 Å². The van der Waals surface area contributed by atoms with E-state index in [0.717, 1.165) is 70.0 Å². The van der Waals surface area contributed by atoms with Crippen molar-refractivity contribution in [2.75, 3.05) is 25.0 Å². The van der Waals surface area contributed by atoms with Crippen molar-refractivity contribution in [1.82, 2.24) is 9.88 Å². The van der Waals surface area contributed by atoms with E-state index in [0.29, 0.717) is 12.4 Å². The Balaban J connectivity index is 1.43. The molecule has 4 fully saturated rings. The van der Waals surface area contributed by atoms with Gasteiger partial charge in [-0.3, -0.25) is 14.5 Å². The van der Waals surface area contributed by atoms with Gasteiger partial charge < -0.3 is 10.1 Å². The summed E-state index contributed by atoms with van der Waals surface area (Å²) in [5, 5.41) is 2.92. The van der Waals surface area contributed by atoms with Gasteiger partial charge in [0, 0.05) is 18.7 Å². The number of fused-ring (bicyclic) bond motifs is 3. The van der Waals surface area contributed by atoms with E-state index in [-0.39, 0.29) is 24.2 Å². The van der Waals surface area contributed by atoms with Gasteiger partial charge in [-0.1, -0.05) is 62.1 Å². The second-order valence-corrected chi connectivity index (χ2v) is 10.3. The molecule has 1 aliphatic carbocycles. The number of hydrogen-bond donors (Lipinski definition) is 1. The predicted molar refractivity (Wildman–Crippen MR) is 131 cm³/mol. The summed E-state index contributed by atoms with van der Waals surface area (Å²) in [7, 11) is 0. The molecule has 34 heavy (non-hydrogen) atoms. The number of carbonyl (C=O) groups excluding carboxylic acids is 2. The number of nitrogens with one attached hydrogen (secondary N) is 1. The van der Waals surface area contributed by atoms with Crippen molar-refractivity contribution >= 4 is 17.7 Å². The summed E-state index contributed by atoms with van der Waals surface area (Å²) in [4.78, 5) is 33.9. The van der Waals surface area contributed by atoms with Gasteiger partial charge in [0.25, 0.3) is 0 Å². The van der Waals surface area contributed by atoms with Crippen molar-refractivity contribution in [2.24, 2.45) is 5.92 Å². The molecule has 180 valence electrons. The molecule has 0 radical (unpaired) electrons. The van der Waals surface area contributed by atoms with E-state index in [4.69, 9.17) is 4.74 Å². The van der Waals surface area contributed by atoms with Crippen LogP contribution in [-0.2, 0) is 19.7 Å². The van der Waals surface area contributed by atoms with E-state index in [1.807, 2.05) is 30.3 Å². The monoisotopic (exact) mass is 461 g/mol. The number of hydrogen-bond acceptors (Lipinski definition) is 5. The standard InChI is InChI=1S/C28H35N3O3/c32-25(30-24-12-6-9-17-29-24)20-28(21-31-18-13-23(28)14-19-31)34-26(33)27(15-7-1-2-8-16-27)22-10-4-3-5-11-22/h3-6,9-12,17,23H,1-2,7-8,13-16,18-21H2,(H,29,30,32)/t28-/m0/s1. The summed E-state index contributed by atoms with van der Waals surface area (Å²) >= 11 is 0. The number of esters is 1. The van der Waals surface area contributed by atoms with Gasteiger partial charge in [0.15, 0.2) is 0 Å². The van der Waals surface area contributed by atoms with Crippen LogP contribution in [0.2, 0.25) is 0 Å². The first kappa shape index (κ1) is 23.0. The number of piperidine rings is 3. The number of pyridine rings is 1. The van der Waals surface area contributed by atoms with Crippen molar-refractivity contribution in [2.45, 2.75) is 68.8 Å². The average Bonchev–Trinajstić information content (AvgIpc) is 3.13. The van der Waals surface area contributed by atoms with Crippen LogP contribution >= 0.6 is 0 Å². The highest BCUT2D eigenvalue weighted by atomic mass is 16.6. The van der Waals surface area contributed by atoms with Gasteiger partial charge in [-0.25, -0.2) is 4.98 Å². The fourth-order valence-electron chi connectivity index (χ4n) is 6.35. The molecule has 3 aliphatic heterocycles. The molecule has 1 aromatic carbocycles. The molecule has 0 unspecified atom stereocenters. The number of carbonyl (C=O) groups is 2. The van der Waals surface area contributed by atoms with Crippen LogP contribution in [0.15, 0.2) is 54.7 Å². The van der Waals surface area contributed by atoms with Crippen molar-refractivity contribution < 1.29 is 14.3 Å². The maximum atomic E-state index is 14.2. The van der Waals surface area contributed by atoms with Gasteiger partial charge in [-0.05, 0) is 56.5 Å². The summed E-state index contributed by atoms with van der Waals surface area (Å²) < 4.78 is 6.61. The first-order valence-corrected chi connectivity index (χ1v) is 12.8. The van der Waals surface area contributed by atoms with Gasteiger partial charge in [0.2, 0.25) is 5.91 Å². The van der Waals surface area contributed by atoms with Crippen LogP contribution in [0.5, 0.6) is 0 Å². The van der Waals surface area contributed by atoms with Gasteiger partial charge in [-0.2, -0.15) is 0 Å². The molecule has 1 aromatic heterocycles. The van der Waals surface area contributed by atoms with E-state index in [1.165, 1.54) is 0 Å². The van der Waals surface area contributed by atoms with Crippen LogP contribution in [0.4, 0.5) is 5.82 Å². The Labute approximate surface area is 202 Å². The molecular formula is C28H35N3O3. The van der Waals surface area contributed by atoms with Crippen molar-refractivity contribution in [3.63, 3.8) is 0 Å². The van der Waals surface area contributed by atoms with Gasteiger partial charge in [0.05, 0.1) is 11.8 Å². The lowest BCUT2D eigenvalue weighted by Crippen LogP contribution is -2.63. The summed E-state index contributed by atoms with van der Waals surface area (Å²) in [5.41, 5.74) is -0.370. The van der Waals surface area contributed by atoms with Crippen molar-refractivity contribution in [3.05, 3.63) is 60.3 Å².